The molecule has 7 heteroatoms. The lowest BCUT2D eigenvalue weighted by Crippen LogP contribution is -2.49. The predicted molar refractivity (Wildman–Crippen MR) is 84.9 cm³/mol. The molecule has 24 heavy (non-hydrogen) atoms. The minimum atomic E-state index is -4.39. The molecule has 1 amide bonds. The van der Waals surface area contributed by atoms with Crippen molar-refractivity contribution in [2.75, 3.05) is 39.3 Å². The average Bonchev–Trinajstić information content (AvgIpc) is 2.58. The monoisotopic (exact) mass is 344 g/mol. The Morgan fingerprint density at radius 3 is 2.42 bits per heavy atom. The molecular formula is C17H23F3N2O2. The van der Waals surface area contributed by atoms with Gasteiger partial charge in [0.2, 0.25) is 0 Å². The number of likely N-dealkylation sites (N-methyl/N-ethyl adjacent to an activating group) is 1. The number of carbonyl (C=O) groups is 1. The number of morpholine rings is 1. The van der Waals surface area contributed by atoms with Crippen molar-refractivity contribution in [3.63, 3.8) is 0 Å². The largest absolute Gasteiger partial charge is 0.416 e. The van der Waals surface area contributed by atoms with Crippen molar-refractivity contribution in [1.82, 2.24) is 9.80 Å². The summed E-state index contributed by atoms with van der Waals surface area (Å²) >= 11 is 0. The molecule has 0 bridgehead atoms. The molecule has 2 rings (SSSR count). The van der Waals surface area contributed by atoms with Crippen molar-refractivity contribution in [2.24, 2.45) is 0 Å². The number of alkyl halides is 3. The minimum absolute atomic E-state index is 0.0722. The van der Waals surface area contributed by atoms with Gasteiger partial charge in [-0.2, -0.15) is 13.2 Å². The van der Waals surface area contributed by atoms with E-state index < -0.39 is 11.7 Å². The molecular weight excluding hydrogens is 321 g/mol. The molecule has 0 saturated carbocycles. The van der Waals surface area contributed by atoms with E-state index in [-0.39, 0.29) is 17.6 Å². The fourth-order valence-corrected chi connectivity index (χ4v) is 2.77. The molecule has 0 aromatic heterocycles. The molecule has 1 saturated heterocycles. The van der Waals surface area contributed by atoms with Gasteiger partial charge in [-0.15, -0.1) is 0 Å². The molecule has 1 atom stereocenters. The number of hydrogen-bond donors (Lipinski definition) is 0. The van der Waals surface area contributed by atoms with Gasteiger partial charge >= 0.3 is 6.18 Å². The van der Waals surface area contributed by atoms with Crippen molar-refractivity contribution in [1.29, 1.82) is 0 Å². The molecule has 4 nitrogen and oxygen atoms in total. The molecule has 0 aliphatic carbocycles. The average molecular weight is 344 g/mol. The number of amides is 1. The van der Waals surface area contributed by atoms with Gasteiger partial charge < -0.3 is 14.5 Å². The highest BCUT2D eigenvalue weighted by atomic mass is 19.4. The zero-order valence-corrected chi connectivity index (χ0v) is 14.0. The predicted octanol–water partition coefficient (Wildman–Crippen LogP) is 2.89. The molecule has 1 aromatic rings. The molecule has 1 unspecified atom stereocenters. The normalized spacial score (nSPS) is 18.9. The Balaban J connectivity index is 2.01. The third-order valence-corrected chi connectivity index (χ3v) is 4.24. The van der Waals surface area contributed by atoms with Gasteiger partial charge in [0.1, 0.15) is 0 Å². The van der Waals surface area contributed by atoms with Crippen molar-refractivity contribution < 1.29 is 22.7 Å². The Hall–Kier alpha value is -1.60. The topological polar surface area (TPSA) is 32.8 Å². The number of nitrogens with zero attached hydrogens (tertiary/aromatic N) is 2. The van der Waals surface area contributed by atoms with Crippen molar-refractivity contribution >= 4 is 5.91 Å². The number of halogens is 3. The van der Waals surface area contributed by atoms with Gasteiger partial charge in [0.25, 0.3) is 5.91 Å². The van der Waals surface area contributed by atoms with E-state index in [1.807, 2.05) is 0 Å². The van der Waals surface area contributed by atoms with E-state index in [0.29, 0.717) is 19.7 Å². The molecule has 0 spiro atoms. The van der Waals surface area contributed by atoms with E-state index in [4.69, 9.17) is 4.74 Å². The van der Waals surface area contributed by atoms with Crippen LogP contribution in [0.4, 0.5) is 13.2 Å². The minimum Gasteiger partial charge on any atom is -0.373 e. The van der Waals surface area contributed by atoms with E-state index in [1.165, 1.54) is 12.1 Å². The van der Waals surface area contributed by atoms with Crippen molar-refractivity contribution in [3.8, 4) is 0 Å². The SMILES string of the molecule is CCN(CC)CC1CN(C(=O)c2ccc(C(F)(F)F)cc2)CCO1. The molecule has 1 fully saturated rings. The number of hydrogen-bond acceptors (Lipinski definition) is 3. The smallest absolute Gasteiger partial charge is 0.373 e. The second-order valence-corrected chi connectivity index (χ2v) is 5.80. The summed E-state index contributed by atoms with van der Waals surface area (Å²) in [4.78, 5) is 16.4. The second-order valence-electron chi connectivity index (χ2n) is 5.80. The molecule has 0 N–H and O–H groups in total. The Morgan fingerprint density at radius 1 is 1.25 bits per heavy atom. The Bertz CT molecular complexity index is 542. The van der Waals surface area contributed by atoms with E-state index in [0.717, 1.165) is 31.8 Å². The first-order valence-corrected chi connectivity index (χ1v) is 8.15. The number of ether oxygens (including phenoxy) is 1. The lowest BCUT2D eigenvalue weighted by Gasteiger charge is -2.35. The summed E-state index contributed by atoms with van der Waals surface area (Å²) in [5, 5.41) is 0. The lowest BCUT2D eigenvalue weighted by atomic mass is 10.1. The van der Waals surface area contributed by atoms with E-state index in [9.17, 15) is 18.0 Å². The first-order chi connectivity index (χ1) is 11.3. The third-order valence-electron chi connectivity index (χ3n) is 4.24. The van der Waals surface area contributed by atoms with Crippen LogP contribution in [-0.2, 0) is 10.9 Å². The maximum atomic E-state index is 12.6. The standard InChI is InChI=1S/C17H23F3N2O2/c1-3-21(4-2)11-15-12-22(9-10-24-15)16(23)13-5-7-14(8-6-13)17(18,19)20/h5-8,15H,3-4,9-12H2,1-2H3. The van der Waals surface area contributed by atoms with E-state index in [1.54, 1.807) is 4.90 Å². The van der Waals surface area contributed by atoms with Gasteiger partial charge in [0.05, 0.1) is 18.3 Å². The zero-order chi connectivity index (χ0) is 17.7. The molecule has 1 aliphatic rings. The maximum absolute atomic E-state index is 12.6. The highest BCUT2D eigenvalue weighted by Crippen LogP contribution is 2.29. The Kier molecular flexibility index (Phi) is 6.23. The highest BCUT2D eigenvalue weighted by molar-refractivity contribution is 5.94. The number of benzene rings is 1. The van der Waals surface area contributed by atoms with Crippen molar-refractivity contribution in [2.45, 2.75) is 26.1 Å². The molecule has 0 radical (unpaired) electrons. The van der Waals surface area contributed by atoms with Crippen LogP contribution >= 0.6 is 0 Å². The Labute approximate surface area is 140 Å². The van der Waals surface area contributed by atoms with Crippen LogP contribution in [0.25, 0.3) is 0 Å². The van der Waals surface area contributed by atoms with E-state index in [2.05, 4.69) is 18.7 Å². The molecule has 1 aliphatic heterocycles. The highest BCUT2D eigenvalue weighted by Gasteiger charge is 2.31. The van der Waals surface area contributed by atoms with Gasteiger partial charge in [-0.1, -0.05) is 13.8 Å². The first-order valence-electron chi connectivity index (χ1n) is 8.15. The van der Waals surface area contributed by atoms with Crippen LogP contribution in [0.5, 0.6) is 0 Å². The van der Waals surface area contributed by atoms with Crippen LogP contribution in [0.1, 0.15) is 29.8 Å². The summed E-state index contributed by atoms with van der Waals surface area (Å²) in [6.45, 7) is 8.04. The first kappa shape index (κ1) is 18.7. The summed E-state index contributed by atoms with van der Waals surface area (Å²) < 4.78 is 43.5. The summed E-state index contributed by atoms with van der Waals surface area (Å²) in [6.07, 6.45) is -4.47. The lowest BCUT2D eigenvalue weighted by molar-refractivity contribution is -0.137. The fraction of sp³-hybridized carbons (Fsp3) is 0.588. The summed E-state index contributed by atoms with van der Waals surface area (Å²) in [6, 6.07) is 4.36. The van der Waals surface area contributed by atoms with Crippen LogP contribution < -0.4 is 0 Å². The fourth-order valence-electron chi connectivity index (χ4n) is 2.77. The summed E-state index contributed by atoms with van der Waals surface area (Å²) in [7, 11) is 0. The van der Waals surface area contributed by atoms with Crippen LogP contribution in [0.3, 0.4) is 0 Å². The van der Waals surface area contributed by atoms with Gasteiger partial charge in [-0.05, 0) is 37.4 Å². The third kappa shape index (κ3) is 4.70. The quantitative estimate of drug-likeness (QED) is 0.823. The zero-order valence-electron chi connectivity index (χ0n) is 14.0. The molecule has 1 aromatic carbocycles. The van der Waals surface area contributed by atoms with Gasteiger partial charge in [0.15, 0.2) is 0 Å². The van der Waals surface area contributed by atoms with Crippen LogP contribution in [0.2, 0.25) is 0 Å². The second kappa shape index (κ2) is 7.98. The van der Waals surface area contributed by atoms with E-state index >= 15 is 0 Å². The molecule has 134 valence electrons. The Morgan fingerprint density at radius 2 is 1.88 bits per heavy atom. The van der Waals surface area contributed by atoms with Crippen molar-refractivity contribution in [3.05, 3.63) is 35.4 Å². The van der Waals surface area contributed by atoms with Gasteiger partial charge in [-0.25, -0.2) is 0 Å². The van der Waals surface area contributed by atoms with Crippen LogP contribution in [0, 0.1) is 0 Å². The van der Waals surface area contributed by atoms with Crippen LogP contribution in [0.15, 0.2) is 24.3 Å². The number of carbonyl (C=O) groups excluding carboxylic acids is 1. The number of rotatable bonds is 5. The summed E-state index contributed by atoms with van der Waals surface area (Å²) in [5.41, 5.74) is -0.480. The summed E-state index contributed by atoms with van der Waals surface area (Å²) in [5.74, 6) is -0.253. The van der Waals surface area contributed by atoms with Gasteiger partial charge in [-0.3, -0.25) is 4.79 Å². The van der Waals surface area contributed by atoms with Gasteiger partial charge in [0, 0.05) is 25.2 Å². The molecule has 1 heterocycles. The van der Waals surface area contributed by atoms with Crippen LogP contribution in [-0.4, -0.2) is 61.1 Å². The maximum Gasteiger partial charge on any atom is 0.416 e.